The lowest BCUT2D eigenvalue weighted by atomic mass is 10.1. The van der Waals surface area contributed by atoms with Crippen LogP contribution in [0.25, 0.3) is 5.69 Å². The molecule has 3 aromatic rings. The van der Waals surface area contributed by atoms with Crippen LogP contribution in [0, 0.1) is 6.92 Å². The molecule has 0 unspecified atom stereocenters. The first-order chi connectivity index (χ1) is 12.7. The Hall–Kier alpha value is -3.08. The third-order valence-corrected chi connectivity index (χ3v) is 4.16. The summed E-state index contributed by atoms with van der Waals surface area (Å²) < 4.78 is 7.80. The van der Waals surface area contributed by atoms with Crippen LogP contribution in [0.4, 0.5) is 0 Å². The molecule has 0 aliphatic carbocycles. The van der Waals surface area contributed by atoms with Crippen LogP contribution >= 0.6 is 0 Å². The molecule has 2 aromatic carbocycles. The number of carbonyl (C=O) groups is 1. The maximum Gasteiger partial charge on any atom is 0.261 e. The van der Waals surface area contributed by atoms with E-state index in [1.807, 2.05) is 73.1 Å². The van der Waals surface area contributed by atoms with Crippen LogP contribution in [-0.4, -0.2) is 21.6 Å². The molecule has 3 rings (SSSR count). The summed E-state index contributed by atoms with van der Waals surface area (Å²) in [5, 5.41) is 2.99. The van der Waals surface area contributed by atoms with Gasteiger partial charge in [-0.15, -0.1) is 0 Å². The van der Waals surface area contributed by atoms with Gasteiger partial charge in [-0.1, -0.05) is 37.3 Å². The average Bonchev–Trinajstić information content (AvgIpc) is 3.19. The van der Waals surface area contributed by atoms with Gasteiger partial charge in [0.2, 0.25) is 0 Å². The third kappa shape index (κ3) is 4.30. The fourth-order valence-electron chi connectivity index (χ4n) is 2.79. The Labute approximate surface area is 153 Å². The average molecular weight is 349 g/mol. The third-order valence-electron chi connectivity index (χ3n) is 4.16. The molecule has 0 aliphatic rings. The molecule has 1 atom stereocenters. The Bertz CT molecular complexity index is 859. The van der Waals surface area contributed by atoms with E-state index < -0.39 is 6.10 Å². The zero-order valence-corrected chi connectivity index (χ0v) is 15.1. The number of amides is 1. The molecule has 26 heavy (non-hydrogen) atoms. The Kier molecular flexibility index (Phi) is 5.69. The number of aromatic nitrogens is 2. The monoisotopic (exact) mass is 349 g/mol. The SMILES string of the molecule is CC[C@H](Oc1cccc(C)c1)C(=O)NCc1ccccc1-n1ccnc1. The van der Waals surface area contributed by atoms with E-state index in [1.54, 1.807) is 12.5 Å². The van der Waals surface area contributed by atoms with E-state index in [-0.39, 0.29) is 5.91 Å². The molecule has 134 valence electrons. The highest BCUT2D eigenvalue weighted by molar-refractivity contribution is 5.81. The quantitative estimate of drug-likeness (QED) is 0.708. The minimum absolute atomic E-state index is 0.116. The Morgan fingerprint density at radius 1 is 1.23 bits per heavy atom. The minimum atomic E-state index is -0.516. The molecule has 0 saturated carbocycles. The van der Waals surface area contributed by atoms with Crippen molar-refractivity contribution in [2.24, 2.45) is 0 Å². The maximum atomic E-state index is 12.6. The van der Waals surface area contributed by atoms with E-state index in [2.05, 4.69) is 10.3 Å². The zero-order chi connectivity index (χ0) is 18.4. The normalized spacial score (nSPS) is 11.8. The highest BCUT2D eigenvalue weighted by Crippen LogP contribution is 2.17. The number of aryl methyl sites for hydroxylation is 1. The van der Waals surface area contributed by atoms with Crippen molar-refractivity contribution in [1.82, 2.24) is 14.9 Å². The van der Waals surface area contributed by atoms with E-state index >= 15 is 0 Å². The second-order valence-corrected chi connectivity index (χ2v) is 6.15. The summed E-state index contributed by atoms with van der Waals surface area (Å²) in [5.41, 5.74) is 3.12. The number of hydrogen-bond donors (Lipinski definition) is 1. The number of nitrogens with one attached hydrogen (secondary N) is 1. The number of ether oxygens (including phenoxy) is 1. The summed E-state index contributed by atoms with van der Waals surface area (Å²) in [5.74, 6) is 0.597. The predicted octanol–water partition coefficient (Wildman–Crippen LogP) is 3.65. The fourth-order valence-corrected chi connectivity index (χ4v) is 2.79. The predicted molar refractivity (Wildman–Crippen MR) is 101 cm³/mol. The van der Waals surface area contributed by atoms with Crippen LogP contribution < -0.4 is 10.1 Å². The molecule has 1 heterocycles. The van der Waals surface area contributed by atoms with Crippen molar-refractivity contribution in [1.29, 1.82) is 0 Å². The van der Waals surface area contributed by atoms with E-state index in [4.69, 9.17) is 4.74 Å². The summed E-state index contributed by atoms with van der Waals surface area (Å²) in [6.07, 6.45) is 5.45. The van der Waals surface area contributed by atoms with Crippen molar-refractivity contribution in [3.05, 3.63) is 78.4 Å². The van der Waals surface area contributed by atoms with Gasteiger partial charge in [0.05, 0.1) is 12.0 Å². The van der Waals surface area contributed by atoms with Gasteiger partial charge in [0.1, 0.15) is 5.75 Å². The fraction of sp³-hybridized carbons (Fsp3) is 0.238. The van der Waals surface area contributed by atoms with Crippen molar-refractivity contribution >= 4 is 5.91 Å². The number of hydrogen-bond acceptors (Lipinski definition) is 3. The molecular formula is C21H23N3O2. The smallest absolute Gasteiger partial charge is 0.261 e. The number of para-hydroxylation sites is 1. The first-order valence-electron chi connectivity index (χ1n) is 8.74. The highest BCUT2D eigenvalue weighted by Gasteiger charge is 2.18. The van der Waals surface area contributed by atoms with Crippen molar-refractivity contribution in [3.8, 4) is 11.4 Å². The van der Waals surface area contributed by atoms with Crippen molar-refractivity contribution in [2.75, 3.05) is 0 Å². The van der Waals surface area contributed by atoms with Crippen molar-refractivity contribution in [3.63, 3.8) is 0 Å². The lowest BCUT2D eigenvalue weighted by Crippen LogP contribution is -2.37. The second kappa shape index (κ2) is 8.34. The Morgan fingerprint density at radius 2 is 2.08 bits per heavy atom. The topological polar surface area (TPSA) is 56.1 Å². The summed E-state index contributed by atoms with van der Waals surface area (Å²) in [7, 11) is 0. The standard InChI is InChI=1S/C21H23N3O2/c1-3-20(26-18-9-6-7-16(2)13-18)21(25)23-14-17-8-4-5-10-19(17)24-12-11-22-15-24/h4-13,15,20H,3,14H2,1-2H3,(H,23,25)/t20-/m0/s1. The van der Waals surface area contributed by atoms with Crippen LogP contribution in [0.15, 0.2) is 67.3 Å². The number of carbonyl (C=O) groups excluding carboxylic acids is 1. The lowest BCUT2D eigenvalue weighted by molar-refractivity contribution is -0.128. The maximum absolute atomic E-state index is 12.6. The molecule has 1 aromatic heterocycles. The molecule has 1 amide bonds. The van der Waals surface area contributed by atoms with Gasteiger partial charge in [0.25, 0.3) is 5.91 Å². The molecule has 0 bridgehead atoms. The lowest BCUT2D eigenvalue weighted by Gasteiger charge is -2.18. The van der Waals surface area contributed by atoms with E-state index in [9.17, 15) is 4.79 Å². The first-order valence-corrected chi connectivity index (χ1v) is 8.74. The van der Waals surface area contributed by atoms with Gasteiger partial charge in [-0.2, -0.15) is 0 Å². The molecule has 0 radical (unpaired) electrons. The van der Waals surface area contributed by atoms with Gasteiger partial charge in [0, 0.05) is 18.9 Å². The van der Waals surface area contributed by atoms with E-state index in [1.165, 1.54) is 0 Å². The summed E-state index contributed by atoms with van der Waals surface area (Å²) in [4.78, 5) is 16.7. The molecule has 0 fully saturated rings. The van der Waals surface area contributed by atoms with Crippen LogP contribution in [-0.2, 0) is 11.3 Å². The summed E-state index contributed by atoms with van der Waals surface area (Å²) in [6.45, 7) is 4.38. The molecule has 1 N–H and O–H groups in total. The summed E-state index contributed by atoms with van der Waals surface area (Å²) in [6, 6.07) is 15.7. The molecule has 5 nitrogen and oxygen atoms in total. The van der Waals surface area contributed by atoms with Crippen LogP contribution in [0.1, 0.15) is 24.5 Å². The molecule has 0 saturated heterocycles. The zero-order valence-electron chi connectivity index (χ0n) is 15.1. The largest absolute Gasteiger partial charge is 0.481 e. The van der Waals surface area contributed by atoms with Gasteiger partial charge in [-0.05, 0) is 42.7 Å². The summed E-state index contributed by atoms with van der Waals surface area (Å²) >= 11 is 0. The van der Waals surface area contributed by atoms with Gasteiger partial charge >= 0.3 is 0 Å². The van der Waals surface area contributed by atoms with Gasteiger partial charge in [-0.3, -0.25) is 4.79 Å². The van der Waals surface area contributed by atoms with Crippen molar-refractivity contribution in [2.45, 2.75) is 32.9 Å². The minimum Gasteiger partial charge on any atom is -0.481 e. The number of imidazole rings is 1. The second-order valence-electron chi connectivity index (χ2n) is 6.15. The Balaban J connectivity index is 1.66. The number of rotatable bonds is 7. The van der Waals surface area contributed by atoms with Gasteiger partial charge < -0.3 is 14.6 Å². The van der Waals surface area contributed by atoms with E-state index in [0.717, 1.165) is 16.8 Å². The van der Waals surface area contributed by atoms with Gasteiger partial charge in [0.15, 0.2) is 6.10 Å². The number of benzene rings is 2. The molecule has 5 heteroatoms. The first kappa shape index (κ1) is 17.7. The van der Waals surface area contributed by atoms with Crippen molar-refractivity contribution < 1.29 is 9.53 Å². The van der Waals surface area contributed by atoms with E-state index in [0.29, 0.717) is 18.7 Å². The van der Waals surface area contributed by atoms with Crippen LogP contribution in [0.3, 0.4) is 0 Å². The molecular weight excluding hydrogens is 326 g/mol. The van der Waals surface area contributed by atoms with Crippen LogP contribution in [0.5, 0.6) is 5.75 Å². The number of nitrogens with zero attached hydrogens (tertiary/aromatic N) is 2. The molecule has 0 spiro atoms. The van der Waals surface area contributed by atoms with Crippen LogP contribution in [0.2, 0.25) is 0 Å². The Morgan fingerprint density at radius 3 is 2.81 bits per heavy atom. The van der Waals surface area contributed by atoms with Gasteiger partial charge in [-0.25, -0.2) is 4.98 Å². The highest BCUT2D eigenvalue weighted by atomic mass is 16.5. The molecule has 0 aliphatic heterocycles.